The highest BCUT2D eigenvalue weighted by atomic mass is 32.2. The zero-order valence-electron chi connectivity index (χ0n) is 14.5. The zero-order valence-corrected chi connectivity index (χ0v) is 15.3. The number of anilines is 2. The Kier molecular flexibility index (Phi) is 7.11. The topological polar surface area (TPSA) is 85.4 Å². The van der Waals surface area contributed by atoms with Crippen LogP contribution in [-0.2, 0) is 0 Å². The third kappa shape index (κ3) is 6.85. The molecule has 0 aliphatic carbocycles. The van der Waals surface area contributed by atoms with Crippen molar-refractivity contribution < 1.29 is 27.4 Å². The van der Waals surface area contributed by atoms with Gasteiger partial charge in [-0.2, -0.15) is 18.2 Å². The van der Waals surface area contributed by atoms with Crippen molar-refractivity contribution >= 4 is 29.2 Å². The summed E-state index contributed by atoms with van der Waals surface area (Å²) in [6.45, 7) is 4.23. The Balaban J connectivity index is 2.02. The Morgan fingerprint density at radius 1 is 1.11 bits per heavy atom. The van der Waals surface area contributed by atoms with Crippen LogP contribution in [0.5, 0.6) is 11.9 Å². The van der Waals surface area contributed by atoms with Crippen LogP contribution in [0.25, 0.3) is 0 Å². The molecule has 0 aliphatic rings. The van der Waals surface area contributed by atoms with Crippen molar-refractivity contribution in [1.29, 1.82) is 0 Å². The molecule has 2 rings (SSSR count). The molecule has 0 radical (unpaired) electrons. The maximum absolute atomic E-state index is 12.3. The van der Waals surface area contributed by atoms with E-state index in [-0.39, 0.29) is 34.2 Å². The number of hydrogen-bond donors (Lipinski definition) is 2. The van der Waals surface area contributed by atoms with E-state index in [4.69, 9.17) is 9.47 Å². The molecule has 1 aromatic carbocycles. The lowest BCUT2D eigenvalue weighted by atomic mass is 10.3. The number of nitrogens with zero attached hydrogens (tertiary/aromatic N) is 2. The van der Waals surface area contributed by atoms with Crippen molar-refractivity contribution in [1.82, 2.24) is 9.97 Å². The molecule has 27 heavy (non-hydrogen) atoms. The van der Waals surface area contributed by atoms with E-state index in [1.165, 1.54) is 30.5 Å². The lowest BCUT2D eigenvalue weighted by molar-refractivity contribution is -0.0328. The molecule has 0 atom stereocenters. The van der Waals surface area contributed by atoms with Gasteiger partial charge in [0.25, 0.3) is 0 Å². The monoisotopic (exact) mass is 402 g/mol. The molecule has 11 heteroatoms. The van der Waals surface area contributed by atoms with E-state index < -0.39 is 11.5 Å². The van der Waals surface area contributed by atoms with Crippen LogP contribution in [0.1, 0.15) is 13.8 Å². The summed E-state index contributed by atoms with van der Waals surface area (Å²) in [5, 5.41) is 5.03. The number of nitrogens with one attached hydrogen (secondary N) is 2. The van der Waals surface area contributed by atoms with Gasteiger partial charge in [-0.15, -0.1) is 0 Å². The van der Waals surface area contributed by atoms with Gasteiger partial charge in [-0.1, -0.05) is 0 Å². The minimum absolute atomic E-state index is 0.0204. The van der Waals surface area contributed by atoms with E-state index in [2.05, 4.69) is 20.6 Å². The lowest BCUT2D eigenvalue weighted by Gasteiger charge is -2.12. The van der Waals surface area contributed by atoms with Crippen LogP contribution in [0.2, 0.25) is 0 Å². The SMILES string of the molecule is CCOc1ncc(NC(=O)Nc2ccc(SC(F)(F)F)cc2)c(OCC)n1. The number of benzene rings is 1. The van der Waals surface area contributed by atoms with Crippen LogP contribution < -0.4 is 20.1 Å². The molecular formula is C16H17F3N4O3S. The molecule has 0 fully saturated rings. The molecule has 2 N–H and O–H groups in total. The van der Waals surface area contributed by atoms with Gasteiger partial charge in [-0.25, -0.2) is 9.78 Å². The standard InChI is InChI=1S/C16H17F3N4O3S/c1-3-25-13-12(9-20-15(23-13)26-4-2)22-14(24)21-10-5-7-11(8-6-10)27-16(17,18)19/h5-9H,3-4H2,1-2H3,(H2,21,22,24). The van der Waals surface area contributed by atoms with Gasteiger partial charge in [0.1, 0.15) is 5.69 Å². The van der Waals surface area contributed by atoms with E-state index in [1.54, 1.807) is 13.8 Å². The fourth-order valence-corrected chi connectivity index (χ4v) is 2.45. The summed E-state index contributed by atoms with van der Waals surface area (Å²) in [6.07, 6.45) is 1.34. The summed E-state index contributed by atoms with van der Waals surface area (Å²) in [6, 6.07) is 4.75. The van der Waals surface area contributed by atoms with Crippen LogP contribution >= 0.6 is 11.8 Å². The summed E-state index contributed by atoms with van der Waals surface area (Å²) in [7, 11) is 0. The van der Waals surface area contributed by atoms with Crippen molar-refractivity contribution in [3.8, 4) is 11.9 Å². The molecule has 1 aromatic heterocycles. The van der Waals surface area contributed by atoms with Crippen molar-refractivity contribution in [3.63, 3.8) is 0 Å². The molecule has 0 bridgehead atoms. The largest absolute Gasteiger partial charge is 0.476 e. The van der Waals surface area contributed by atoms with E-state index in [1.807, 2.05) is 0 Å². The van der Waals surface area contributed by atoms with Crippen molar-refractivity contribution in [2.75, 3.05) is 23.8 Å². The summed E-state index contributed by atoms with van der Waals surface area (Å²) < 4.78 is 47.5. The minimum atomic E-state index is -4.37. The van der Waals surface area contributed by atoms with Gasteiger partial charge >= 0.3 is 17.5 Å². The second kappa shape index (κ2) is 9.31. The highest BCUT2D eigenvalue weighted by molar-refractivity contribution is 8.00. The van der Waals surface area contributed by atoms with Gasteiger partial charge in [0.05, 0.1) is 19.4 Å². The molecule has 0 aliphatic heterocycles. The Morgan fingerprint density at radius 3 is 2.37 bits per heavy atom. The number of carbonyl (C=O) groups excluding carboxylic acids is 1. The first-order valence-corrected chi connectivity index (χ1v) is 8.68. The molecule has 0 saturated heterocycles. The fourth-order valence-electron chi connectivity index (χ4n) is 1.91. The van der Waals surface area contributed by atoms with Crippen LogP contribution in [0.15, 0.2) is 35.4 Å². The highest BCUT2D eigenvalue weighted by Gasteiger charge is 2.29. The maximum Gasteiger partial charge on any atom is 0.446 e. The molecule has 146 valence electrons. The minimum Gasteiger partial charge on any atom is -0.476 e. The number of alkyl halides is 3. The van der Waals surface area contributed by atoms with Crippen LogP contribution in [0.3, 0.4) is 0 Å². The van der Waals surface area contributed by atoms with Crippen LogP contribution in [0, 0.1) is 0 Å². The lowest BCUT2D eigenvalue weighted by Crippen LogP contribution is -2.20. The quantitative estimate of drug-likeness (QED) is 0.662. The number of halogens is 3. The summed E-state index contributed by atoms with van der Waals surface area (Å²) >= 11 is -0.230. The van der Waals surface area contributed by atoms with Crippen molar-refractivity contribution in [2.24, 2.45) is 0 Å². The predicted octanol–water partition coefficient (Wildman–Crippen LogP) is 4.53. The molecule has 7 nitrogen and oxygen atoms in total. The van der Waals surface area contributed by atoms with Gasteiger partial charge < -0.3 is 20.1 Å². The summed E-state index contributed by atoms with van der Waals surface area (Å²) in [4.78, 5) is 20.1. The molecule has 0 unspecified atom stereocenters. The normalized spacial score (nSPS) is 11.0. The second-order valence-electron chi connectivity index (χ2n) is 4.89. The number of ether oxygens (including phenoxy) is 2. The van der Waals surface area contributed by atoms with Gasteiger partial charge in [0, 0.05) is 10.6 Å². The molecule has 1 heterocycles. The molecular weight excluding hydrogens is 385 g/mol. The summed E-state index contributed by atoms with van der Waals surface area (Å²) in [5.41, 5.74) is -3.82. The summed E-state index contributed by atoms with van der Waals surface area (Å²) in [5.74, 6) is 0.142. The zero-order chi connectivity index (χ0) is 19.9. The third-order valence-electron chi connectivity index (χ3n) is 2.88. The first-order valence-electron chi connectivity index (χ1n) is 7.87. The van der Waals surface area contributed by atoms with Gasteiger partial charge in [0.15, 0.2) is 0 Å². The number of amides is 2. The molecule has 2 amide bonds. The number of urea groups is 1. The Labute approximate surface area is 157 Å². The second-order valence-corrected chi connectivity index (χ2v) is 6.03. The Bertz CT molecular complexity index is 772. The van der Waals surface area contributed by atoms with Crippen LogP contribution in [-0.4, -0.2) is 34.7 Å². The first kappa shape index (κ1) is 20.6. The highest BCUT2D eigenvalue weighted by Crippen LogP contribution is 2.37. The van der Waals surface area contributed by atoms with Gasteiger partial charge in [-0.3, -0.25) is 0 Å². The Morgan fingerprint density at radius 2 is 1.78 bits per heavy atom. The smallest absolute Gasteiger partial charge is 0.446 e. The number of rotatable bonds is 7. The van der Waals surface area contributed by atoms with Crippen LogP contribution in [0.4, 0.5) is 29.3 Å². The van der Waals surface area contributed by atoms with E-state index in [0.29, 0.717) is 18.9 Å². The molecule has 2 aromatic rings. The number of carbonyl (C=O) groups is 1. The molecule has 0 spiro atoms. The van der Waals surface area contributed by atoms with Crippen molar-refractivity contribution in [2.45, 2.75) is 24.3 Å². The fraction of sp³-hybridized carbons (Fsp3) is 0.312. The number of hydrogen-bond acceptors (Lipinski definition) is 6. The van der Waals surface area contributed by atoms with Gasteiger partial charge in [-0.05, 0) is 49.9 Å². The third-order valence-corrected chi connectivity index (χ3v) is 3.62. The maximum atomic E-state index is 12.3. The first-order chi connectivity index (χ1) is 12.8. The average Bonchev–Trinajstić information content (AvgIpc) is 2.58. The molecule has 0 saturated carbocycles. The number of thioether (sulfide) groups is 1. The van der Waals surface area contributed by atoms with E-state index in [0.717, 1.165) is 0 Å². The van der Waals surface area contributed by atoms with E-state index in [9.17, 15) is 18.0 Å². The van der Waals surface area contributed by atoms with Crippen molar-refractivity contribution in [3.05, 3.63) is 30.5 Å². The average molecular weight is 402 g/mol. The number of aromatic nitrogens is 2. The Hall–Kier alpha value is -2.69. The predicted molar refractivity (Wildman–Crippen MR) is 95.4 cm³/mol. The van der Waals surface area contributed by atoms with Gasteiger partial charge in [0.2, 0.25) is 5.88 Å². The van der Waals surface area contributed by atoms with E-state index >= 15 is 0 Å².